The van der Waals surface area contributed by atoms with Gasteiger partial charge in [-0.1, -0.05) is 13.3 Å². The maximum absolute atomic E-state index is 9.20. The molecule has 1 aliphatic rings. The summed E-state index contributed by atoms with van der Waals surface area (Å²) in [6.45, 7) is 2.50. The van der Waals surface area contributed by atoms with E-state index in [1.54, 1.807) is 11.3 Å². The summed E-state index contributed by atoms with van der Waals surface area (Å²) in [5.41, 5.74) is 1.43. The van der Waals surface area contributed by atoms with Gasteiger partial charge in [0.05, 0.1) is 10.7 Å². The summed E-state index contributed by atoms with van der Waals surface area (Å²) in [6.07, 6.45) is 5.58. The Bertz CT molecular complexity index is 304. The molecule has 1 N–H and O–H groups in total. The SMILES string of the molecule is CCCc1csc(CC2(CO)CC2)n1. The van der Waals surface area contributed by atoms with E-state index in [4.69, 9.17) is 0 Å². The van der Waals surface area contributed by atoms with E-state index in [-0.39, 0.29) is 5.41 Å². The Labute approximate surface area is 89.0 Å². The fraction of sp³-hybridized carbons (Fsp3) is 0.727. The van der Waals surface area contributed by atoms with Gasteiger partial charge in [0.2, 0.25) is 0 Å². The van der Waals surface area contributed by atoms with Gasteiger partial charge in [0.1, 0.15) is 0 Å². The summed E-state index contributed by atoms with van der Waals surface area (Å²) in [6, 6.07) is 0. The second kappa shape index (κ2) is 3.99. The molecule has 0 spiro atoms. The molecule has 1 aromatic rings. The monoisotopic (exact) mass is 211 g/mol. The first-order valence-corrected chi connectivity index (χ1v) is 6.20. The topological polar surface area (TPSA) is 33.1 Å². The summed E-state index contributed by atoms with van der Waals surface area (Å²) in [5.74, 6) is 0. The number of hydrogen-bond donors (Lipinski definition) is 1. The molecule has 0 radical (unpaired) electrons. The lowest BCUT2D eigenvalue weighted by Crippen LogP contribution is -2.09. The van der Waals surface area contributed by atoms with Crippen LogP contribution in [0.3, 0.4) is 0 Å². The third-order valence-electron chi connectivity index (χ3n) is 2.92. The van der Waals surface area contributed by atoms with E-state index in [2.05, 4.69) is 17.3 Å². The first-order valence-electron chi connectivity index (χ1n) is 5.32. The minimum atomic E-state index is 0.210. The predicted molar refractivity (Wildman–Crippen MR) is 58.6 cm³/mol. The number of hydrogen-bond acceptors (Lipinski definition) is 3. The summed E-state index contributed by atoms with van der Waals surface area (Å²) in [7, 11) is 0. The van der Waals surface area contributed by atoms with Crippen LogP contribution in [0.1, 0.15) is 36.9 Å². The number of aromatic nitrogens is 1. The van der Waals surface area contributed by atoms with E-state index < -0.39 is 0 Å². The molecule has 3 heteroatoms. The number of thiazole rings is 1. The van der Waals surface area contributed by atoms with Gasteiger partial charge in [-0.25, -0.2) is 4.98 Å². The lowest BCUT2D eigenvalue weighted by atomic mass is 10.1. The quantitative estimate of drug-likeness (QED) is 0.811. The van der Waals surface area contributed by atoms with E-state index in [1.165, 1.54) is 23.5 Å². The normalized spacial score (nSPS) is 18.4. The van der Waals surface area contributed by atoms with Crippen LogP contribution in [0.2, 0.25) is 0 Å². The molecule has 0 atom stereocenters. The van der Waals surface area contributed by atoms with E-state index in [9.17, 15) is 5.11 Å². The number of aliphatic hydroxyl groups is 1. The van der Waals surface area contributed by atoms with Gasteiger partial charge in [-0.3, -0.25) is 0 Å². The molecule has 0 saturated heterocycles. The summed E-state index contributed by atoms with van der Waals surface area (Å²) in [5, 5.41) is 12.6. The van der Waals surface area contributed by atoms with Crippen molar-refractivity contribution in [2.24, 2.45) is 5.41 Å². The molecular weight excluding hydrogens is 194 g/mol. The maximum Gasteiger partial charge on any atom is 0.0934 e. The van der Waals surface area contributed by atoms with Crippen molar-refractivity contribution < 1.29 is 5.11 Å². The highest BCUT2D eigenvalue weighted by molar-refractivity contribution is 7.09. The Kier molecular flexibility index (Phi) is 2.88. The molecule has 0 aromatic carbocycles. The Hall–Kier alpha value is -0.410. The van der Waals surface area contributed by atoms with Crippen LogP contribution in [0.25, 0.3) is 0 Å². The van der Waals surface area contributed by atoms with Crippen LogP contribution in [-0.4, -0.2) is 16.7 Å². The number of nitrogens with zero attached hydrogens (tertiary/aromatic N) is 1. The van der Waals surface area contributed by atoms with Crippen LogP contribution in [0.15, 0.2) is 5.38 Å². The van der Waals surface area contributed by atoms with Gasteiger partial charge in [0.25, 0.3) is 0 Å². The molecule has 0 unspecified atom stereocenters. The lowest BCUT2D eigenvalue weighted by molar-refractivity contribution is 0.211. The van der Waals surface area contributed by atoms with Gasteiger partial charge >= 0.3 is 0 Å². The van der Waals surface area contributed by atoms with Gasteiger partial charge in [-0.2, -0.15) is 0 Å². The Morgan fingerprint density at radius 2 is 2.36 bits per heavy atom. The van der Waals surface area contributed by atoms with Crippen LogP contribution in [0.5, 0.6) is 0 Å². The Morgan fingerprint density at radius 3 is 2.93 bits per heavy atom. The zero-order chi connectivity index (χ0) is 10.0. The van der Waals surface area contributed by atoms with Gasteiger partial charge in [0.15, 0.2) is 0 Å². The first-order chi connectivity index (χ1) is 6.78. The van der Waals surface area contributed by atoms with E-state index in [1.807, 2.05) is 0 Å². The third-order valence-corrected chi connectivity index (χ3v) is 3.82. The maximum atomic E-state index is 9.20. The molecule has 1 heterocycles. The van der Waals surface area contributed by atoms with Crippen LogP contribution in [-0.2, 0) is 12.8 Å². The molecule has 0 bridgehead atoms. The fourth-order valence-corrected chi connectivity index (χ4v) is 2.69. The molecule has 2 rings (SSSR count). The van der Waals surface area contributed by atoms with Crippen molar-refractivity contribution in [2.75, 3.05) is 6.61 Å². The molecule has 1 saturated carbocycles. The largest absolute Gasteiger partial charge is 0.396 e. The fourth-order valence-electron chi connectivity index (χ4n) is 1.69. The highest BCUT2D eigenvalue weighted by atomic mass is 32.1. The van der Waals surface area contributed by atoms with E-state index >= 15 is 0 Å². The first kappa shape index (κ1) is 10.1. The molecule has 78 valence electrons. The highest BCUT2D eigenvalue weighted by Gasteiger charge is 2.42. The smallest absolute Gasteiger partial charge is 0.0934 e. The molecule has 14 heavy (non-hydrogen) atoms. The van der Waals surface area contributed by atoms with Gasteiger partial charge in [-0.05, 0) is 24.7 Å². The van der Waals surface area contributed by atoms with Crippen molar-refractivity contribution in [1.82, 2.24) is 4.98 Å². The van der Waals surface area contributed by atoms with Crippen molar-refractivity contribution >= 4 is 11.3 Å². The second-order valence-electron chi connectivity index (χ2n) is 4.32. The number of rotatable bonds is 5. The number of aliphatic hydroxyl groups excluding tert-OH is 1. The van der Waals surface area contributed by atoms with Gasteiger partial charge < -0.3 is 5.11 Å². The molecule has 0 aliphatic heterocycles. The van der Waals surface area contributed by atoms with E-state index in [0.29, 0.717) is 6.61 Å². The summed E-state index contributed by atoms with van der Waals surface area (Å²) >= 11 is 1.75. The predicted octanol–water partition coefficient (Wildman–Crippen LogP) is 2.41. The van der Waals surface area contributed by atoms with Crippen molar-refractivity contribution in [2.45, 2.75) is 39.0 Å². The molecule has 1 aromatic heterocycles. The Morgan fingerprint density at radius 1 is 1.57 bits per heavy atom. The minimum absolute atomic E-state index is 0.210. The highest BCUT2D eigenvalue weighted by Crippen LogP contribution is 2.48. The van der Waals surface area contributed by atoms with Crippen molar-refractivity contribution in [1.29, 1.82) is 0 Å². The molecular formula is C11H17NOS. The van der Waals surface area contributed by atoms with Crippen LogP contribution < -0.4 is 0 Å². The van der Waals surface area contributed by atoms with Crippen LogP contribution in [0.4, 0.5) is 0 Å². The van der Waals surface area contributed by atoms with Crippen LogP contribution >= 0.6 is 11.3 Å². The second-order valence-corrected chi connectivity index (χ2v) is 5.26. The number of aryl methyl sites for hydroxylation is 1. The summed E-state index contributed by atoms with van der Waals surface area (Å²) < 4.78 is 0. The average molecular weight is 211 g/mol. The van der Waals surface area contributed by atoms with Crippen molar-refractivity contribution in [3.63, 3.8) is 0 Å². The van der Waals surface area contributed by atoms with Gasteiger partial charge in [0, 0.05) is 18.4 Å². The molecule has 2 nitrogen and oxygen atoms in total. The van der Waals surface area contributed by atoms with E-state index in [0.717, 1.165) is 19.3 Å². The lowest BCUT2D eigenvalue weighted by Gasteiger charge is -2.07. The molecule has 1 fully saturated rings. The van der Waals surface area contributed by atoms with Crippen LogP contribution in [0, 0.1) is 5.41 Å². The zero-order valence-corrected chi connectivity index (χ0v) is 9.44. The minimum Gasteiger partial charge on any atom is -0.396 e. The van der Waals surface area contributed by atoms with Gasteiger partial charge in [-0.15, -0.1) is 11.3 Å². The van der Waals surface area contributed by atoms with Crippen molar-refractivity contribution in [3.8, 4) is 0 Å². The summed E-state index contributed by atoms with van der Waals surface area (Å²) in [4.78, 5) is 4.58. The average Bonchev–Trinajstić information content (AvgIpc) is 2.82. The van der Waals surface area contributed by atoms with Crippen molar-refractivity contribution in [3.05, 3.63) is 16.1 Å². The standard InChI is InChI=1S/C11H17NOS/c1-2-3-9-7-14-10(12-9)6-11(8-13)4-5-11/h7,13H,2-6,8H2,1H3. The molecule has 0 amide bonds. The zero-order valence-electron chi connectivity index (χ0n) is 8.62. The third kappa shape index (κ3) is 2.15. The molecule has 1 aliphatic carbocycles. The Balaban J connectivity index is 1.96.